The number of hydrogen-bond acceptors (Lipinski definition) is 2. The highest BCUT2D eigenvalue weighted by Crippen LogP contribution is 2.28. The van der Waals surface area contributed by atoms with Crippen LogP contribution in [0.3, 0.4) is 0 Å². The van der Waals surface area contributed by atoms with Gasteiger partial charge in [-0.3, -0.25) is 4.90 Å². The number of piperidine rings is 1. The van der Waals surface area contributed by atoms with Gasteiger partial charge in [0, 0.05) is 25.7 Å². The molecule has 1 aliphatic heterocycles. The molecule has 0 saturated carbocycles. The Morgan fingerprint density at radius 1 is 1.22 bits per heavy atom. The summed E-state index contributed by atoms with van der Waals surface area (Å²) in [6.45, 7) is 7.82. The predicted octanol–water partition coefficient (Wildman–Crippen LogP) is 3.09. The van der Waals surface area contributed by atoms with E-state index in [9.17, 15) is 0 Å². The van der Waals surface area contributed by atoms with Gasteiger partial charge in [0.05, 0.1) is 0 Å². The summed E-state index contributed by atoms with van der Waals surface area (Å²) in [5, 5.41) is 0. The summed E-state index contributed by atoms with van der Waals surface area (Å²) in [6, 6.07) is 11.0. The minimum atomic E-state index is 0. The quantitative estimate of drug-likeness (QED) is 0.907. The molecule has 1 fully saturated rings. The van der Waals surface area contributed by atoms with Crippen LogP contribution in [0.5, 0.6) is 0 Å². The van der Waals surface area contributed by atoms with Crippen LogP contribution in [0.25, 0.3) is 0 Å². The Morgan fingerprint density at radius 2 is 1.83 bits per heavy atom. The van der Waals surface area contributed by atoms with Crippen molar-refractivity contribution in [2.75, 3.05) is 13.1 Å². The van der Waals surface area contributed by atoms with Crippen molar-refractivity contribution in [2.45, 2.75) is 32.9 Å². The molecule has 2 N–H and O–H groups in total. The molecule has 0 amide bonds. The molecule has 1 saturated heterocycles. The Hall–Kier alpha value is -0.280. The molecule has 1 aliphatic rings. The average molecular weight is 291 g/mol. The normalized spacial score (nSPS) is 22.7. The van der Waals surface area contributed by atoms with Crippen molar-refractivity contribution >= 4 is 24.8 Å². The number of rotatable bonds is 2. The Bertz CT molecular complexity index is 341. The van der Waals surface area contributed by atoms with Gasteiger partial charge in [0.1, 0.15) is 0 Å². The van der Waals surface area contributed by atoms with E-state index in [0.717, 1.165) is 26.1 Å². The first-order valence-electron chi connectivity index (χ1n) is 6.07. The van der Waals surface area contributed by atoms with Gasteiger partial charge >= 0.3 is 0 Å². The minimum Gasteiger partial charge on any atom is -0.327 e. The molecule has 0 radical (unpaired) electrons. The van der Waals surface area contributed by atoms with E-state index in [1.807, 2.05) is 0 Å². The highest BCUT2D eigenvalue weighted by molar-refractivity contribution is 5.85. The number of nitrogens with zero attached hydrogens (tertiary/aromatic N) is 1. The third-order valence-electron chi connectivity index (χ3n) is 3.21. The van der Waals surface area contributed by atoms with Gasteiger partial charge in [-0.25, -0.2) is 0 Å². The maximum Gasteiger partial charge on any atom is 0.0234 e. The molecule has 2 nitrogen and oxygen atoms in total. The Labute approximate surface area is 123 Å². The van der Waals surface area contributed by atoms with Crippen molar-refractivity contribution in [3.63, 3.8) is 0 Å². The molecule has 1 aromatic rings. The molecule has 1 unspecified atom stereocenters. The van der Waals surface area contributed by atoms with Crippen molar-refractivity contribution in [1.29, 1.82) is 0 Å². The number of likely N-dealkylation sites (tertiary alicyclic amines) is 1. The van der Waals surface area contributed by atoms with Gasteiger partial charge in [-0.1, -0.05) is 44.2 Å². The van der Waals surface area contributed by atoms with Gasteiger partial charge in [-0.15, -0.1) is 24.8 Å². The molecule has 1 atom stereocenters. The summed E-state index contributed by atoms with van der Waals surface area (Å²) in [4.78, 5) is 2.48. The van der Waals surface area contributed by atoms with E-state index >= 15 is 0 Å². The van der Waals surface area contributed by atoms with Crippen LogP contribution in [0.2, 0.25) is 0 Å². The smallest absolute Gasteiger partial charge is 0.0234 e. The van der Waals surface area contributed by atoms with Crippen LogP contribution < -0.4 is 5.73 Å². The standard InChI is InChI=1S/C14H22N2.2ClH/c1-14(2)8-13(15)10-16(11-14)9-12-6-4-3-5-7-12;;/h3-7,13H,8-11,15H2,1-2H3;2*1H. The van der Waals surface area contributed by atoms with E-state index in [2.05, 4.69) is 49.1 Å². The summed E-state index contributed by atoms with van der Waals surface area (Å²) >= 11 is 0. The first kappa shape index (κ1) is 17.7. The van der Waals surface area contributed by atoms with Crippen molar-refractivity contribution in [2.24, 2.45) is 11.1 Å². The molecule has 0 spiro atoms. The van der Waals surface area contributed by atoms with Crippen LogP contribution in [0.4, 0.5) is 0 Å². The molecule has 2 rings (SSSR count). The molecule has 0 aliphatic carbocycles. The molecular formula is C14H24Cl2N2. The number of benzene rings is 1. The summed E-state index contributed by atoms with van der Waals surface area (Å²) < 4.78 is 0. The number of hydrogen-bond donors (Lipinski definition) is 1. The zero-order valence-electron chi connectivity index (χ0n) is 11.1. The molecule has 18 heavy (non-hydrogen) atoms. The third kappa shape index (κ3) is 5.15. The van der Waals surface area contributed by atoms with Gasteiger partial charge in [-0.2, -0.15) is 0 Å². The lowest BCUT2D eigenvalue weighted by Gasteiger charge is -2.41. The van der Waals surface area contributed by atoms with E-state index in [0.29, 0.717) is 11.5 Å². The van der Waals surface area contributed by atoms with Gasteiger partial charge in [0.25, 0.3) is 0 Å². The van der Waals surface area contributed by atoms with Gasteiger partial charge in [0.2, 0.25) is 0 Å². The second-order valence-corrected chi connectivity index (χ2v) is 5.78. The Kier molecular flexibility index (Phi) is 7.23. The lowest BCUT2D eigenvalue weighted by Crippen LogP contribution is -2.49. The molecule has 0 bridgehead atoms. The second-order valence-electron chi connectivity index (χ2n) is 5.78. The monoisotopic (exact) mass is 290 g/mol. The van der Waals surface area contributed by atoms with Gasteiger partial charge < -0.3 is 5.73 Å². The van der Waals surface area contributed by atoms with Crippen molar-refractivity contribution in [3.8, 4) is 0 Å². The van der Waals surface area contributed by atoms with Crippen molar-refractivity contribution in [1.82, 2.24) is 4.90 Å². The maximum absolute atomic E-state index is 6.11. The molecule has 0 aromatic heterocycles. The Balaban J connectivity index is 0.00000144. The molecule has 1 heterocycles. The summed E-state index contributed by atoms with van der Waals surface area (Å²) in [5.41, 5.74) is 7.85. The SMILES string of the molecule is CC1(C)CC(N)CN(Cc2ccccc2)C1.Cl.Cl. The molecule has 104 valence electrons. The average Bonchev–Trinajstić information content (AvgIpc) is 2.15. The summed E-state index contributed by atoms with van der Waals surface area (Å²) in [5.74, 6) is 0. The Morgan fingerprint density at radius 3 is 2.39 bits per heavy atom. The zero-order valence-corrected chi connectivity index (χ0v) is 12.8. The van der Waals surface area contributed by atoms with E-state index in [1.165, 1.54) is 5.56 Å². The van der Waals surface area contributed by atoms with Gasteiger partial charge in [-0.05, 0) is 17.4 Å². The zero-order chi connectivity index (χ0) is 11.6. The predicted molar refractivity (Wildman–Crippen MR) is 82.6 cm³/mol. The van der Waals surface area contributed by atoms with Crippen molar-refractivity contribution < 1.29 is 0 Å². The fraction of sp³-hybridized carbons (Fsp3) is 0.571. The van der Waals surface area contributed by atoms with Crippen LogP contribution in [-0.2, 0) is 6.54 Å². The van der Waals surface area contributed by atoms with E-state index in [-0.39, 0.29) is 24.8 Å². The third-order valence-corrected chi connectivity index (χ3v) is 3.21. The maximum atomic E-state index is 6.11. The largest absolute Gasteiger partial charge is 0.327 e. The van der Waals surface area contributed by atoms with Crippen molar-refractivity contribution in [3.05, 3.63) is 35.9 Å². The van der Waals surface area contributed by atoms with E-state index in [4.69, 9.17) is 5.73 Å². The topological polar surface area (TPSA) is 29.3 Å². The van der Waals surface area contributed by atoms with Crippen LogP contribution in [0.15, 0.2) is 30.3 Å². The first-order valence-corrected chi connectivity index (χ1v) is 6.07. The highest BCUT2D eigenvalue weighted by atomic mass is 35.5. The minimum absolute atomic E-state index is 0. The van der Waals surface area contributed by atoms with E-state index in [1.54, 1.807) is 0 Å². The lowest BCUT2D eigenvalue weighted by atomic mass is 9.82. The second kappa shape index (κ2) is 7.34. The summed E-state index contributed by atoms with van der Waals surface area (Å²) in [7, 11) is 0. The highest BCUT2D eigenvalue weighted by Gasteiger charge is 2.30. The van der Waals surface area contributed by atoms with Crippen LogP contribution in [0.1, 0.15) is 25.8 Å². The number of nitrogens with two attached hydrogens (primary N) is 1. The molecule has 1 aromatic carbocycles. The number of halogens is 2. The van der Waals surface area contributed by atoms with Crippen LogP contribution in [0, 0.1) is 5.41 Å². The first-order chi connectivity index (χ1) is 7.55. The fourth-order valence-corrected chi connectivity index (χ4v) is 2.80. The molecule has 4 heteroatoms. The van der Waals surface area contributed by atoms with Crippen LogP contribution >= 0.6 is 24.8 Å². The van der Waals surface area contributed by atoms with E-state index < -0.39 is 0 Å². The lowest BCUT2D eigenvalue weighted by molar-refractivity contribution is 0.0960. The van der Waals surface area contributed by atoms with Gasteiger partial charge in [0.15, 0.2) is 0 Å². The van der Waals surface area contributed by atoms with Crippen LogP contribution in [-0.4, -0.2) is 24.0 Å². The summed E-state index contributed by atoms with van der Waals surface area (Å²) in [6.07, 6.45) is 1.14. The fourth-order valence-electron chi connectivity index (χ4n) is 2.80. The molecular weight excluding hydrogens is 267 g/mol.